The predicted octanol–water partition coefficient (Wildman–Crippen LogP) is 2.62. The molecule has 1 aliphatic carbocycles. The summed E-state index contributed by atoms with van der Waals surface area (Å²) in [4.78, 5) is 26.8. The SMILES string of the molecule is O=C(NCC1CCCC1C(=O)O)c1cnc(Cl)c(Cl)c1. The molecule has 0 radical (unpaired) electrons. The number of carbonyl (C=O) groups is 2. The minimum atomic E-state index is -0.794. The zero-order chi connectivity index (χ0) is 14.7. The number of nitrogens with one attached hydrogen (secondary N) is 1. The summed E-state index contributed by atoms with van der Waals surface area (Å²) in [6.07, 6.45) is 3.71. The molecule has 1 aliphatic rings. The monoisotopic (exact) mass is 316 g/mol. The maximum absolute atomic E-state index is 11.9. The van der Waals surface area contributed by atoms with Gasteiger partial charge in [0.15, 0.2) is 0 Å². The van der Waals surface area contributed by atoms with Gasteiger partial charge in [0.05, 0.1) is 16.5 Å². The van der Waals surface area contributed by atoms with Crippen LogP contribution in [0, 0.1) is 11.8 Å². The van der Waals surface area contributed by atoms with Gasteiger partial charge in [0.2, 0.25) is 0 Å². The Hall–Kier alpha value is -1.33. The van der Waals surface area contributed by atoms with Crippen LogP contribution in [-0.2, 0) is 4.79 Å². The highest BCUT2D eigenvalue weighted by Gasteiger charge is 2.32. The Kier molecular flexibility index (Phi) is 4.83. The number of carboxylic acid groups (broad SMARTS) is 1. The summed E-state index contributed by atoms with van der Waals surface area (Å²) in [6.45, 7) is 0.343. The number of carboxylic acids is 1. The first kappa shape index (κ1) is 15.1. The normalized spacial score (nSPS) is 21.7. The Morgan fingerprint density at radius 3 is 2.80 bits per heavy atom. The molecule has 0 aromatic carbocycles. The Morgan fingerprint density at radius 1 is 1.40 bits per heavy atom. The number of halogens is 2. The topological polar surface area (TPSA) is 79.3 Å². The summed E-state index contributed by atoms with van der Waals surface area (Å²) >= 11 is 11.5. The smallest absolute Gasteiger partial charge is 0.306 e. The first-order chi connectivity index (χ1) is 9.49. The van der Waals surface area contributed by atoms with E-state index in [9.17, 15) is 9.59 Å². The molecule has 108 valence electrons. The minimum absolute atomic E-state index is 0.0211. The third kappa shape index (κ3) is 3.41. The first-order valence-electron chi connectivity index (χ1n) is 6.31. The van der Waals surface area contributed by atoms with E-state index in [1.807, 2.05) is 0 Å². The van der Waals surface area contributed by atoms with Gasteiger partial charge in [0, 0.05) is 12.7 Å². The number of carbonyl (C=O) groups excluding carboxylic acids is 1. The number of aromatic nitrogens is 1. The predicted molar refractivity (Wildman–Crippen MR) is 75.1 cm³/mol. The second kappa shape index (κ2) is 6.41. The van der Waals surface area contributed by atoms with E-state index in [-0.39, 0.29) is 27.9 Å². The molecule has 20 heavy (non-hydrogen) atoms. The van der Waals surface area contributed by atoms with Crippen molar-refractivity contribution in [1.82, 2.24) is 10.3 Å². The summed E-state index contributed by atoms with van der Waals surface area (Å²) < 4.78 is 0. The van der Waals surface area contributed by atoms with Crippen LogP contribution >= 0.6 is 23.2 Å². The summed E-state index contributed by atoms with van der Waals surface area (Å²) in [5.74, 6) is -1.51. The molecule has 0 aliphatic heterocycles. The van der Waals surface area contributed by atoms with Crippen LogP contribution < -0.4 is 5.32 Å². The van der Waals surface area contributed by atoms with Crippen molar-refractivity contribution in [3.63, 3.8) is 0 Å². The van der Waals surface area contributed by atoms with E-state index >= 15 is 0 Å². The average Bonchev–Trinajstić information content (AvgIpc) is 2.87. The molecule has 5 nitrogen and oxygen atoms in total. The number of aliphatic carboxylic acids is 1. The fourth-order valence-corrected chi connectivity index (χ4v) is 2.75. The Balaban J connectivity index is 1.95. The molecular formula is C13H14Cl2N2O3. The molecular weight excluding hydrogens is 303 g/mol. The van der Waals surface area contributed by atoms with Crippen LogP contribution in [-0.4, -0.2) is 28.5 Å². The second-order valence-electron chi connectivity index (χ2n) is 4.84. The van der Waals surface area contributed by atoms with Gasteiger partial charge >= 0.3 is 5.97 Å². The van der Waals surface area contributed by atoms with Crippen LogP contribution in [0.5, 0.6) is 0 Å². The van der Waals surface area contributed by atoms with E-state index in [0.29, 0.717) is 18.5 Å². The highest BCUT2D eigenvalue weighted by atomic mass is 35.5. The Morgan fingerprint density at radius 2 is 2.15 bits per heavy atom. The molecule has 2 N–H and O–H groups in total. The molecule has 0 saturated heterocycles. The zero-order valence-corrected chi connectivity index (χ0v) is 12.1. The van der Waals surface area contributed by atoms with Gasteiger partial charge in [0.25, 0.3) is 5.91 Å². The van der Waals surface area contributed by atoms with Gasteiger partial charge in [-0.3, -0.25) is 9.59 Å². The summed E-state index contributed by atoms with van der Waals surface area (Å²) in [7, 11) is 0. The van der Waals surface area contributed by atoms with Crippen molar-refractivity contribution in [2.24, 2.45) is 11.8 Å². The van der Waals surface area contributed by atoms with Crippen LogP contribution in [0.4, 0.5) is 0 Å². The van der Waals surface area contributed by atoms with E-state index < -0.39 is 5.97 Å². The van der Waals surface area contributed by atoms with Gasteiger partial charge in [-0.1, -0.05) is 29.6 Å². The lowest BCUT2D eigenvalue weighted by molar-refractivity contribution is -0.142. The zero-order valence-electron chi connectivity index (χ0n) is 10.6. The van der Waals surface area contributed by atoms with Gasteiger partial charge in [-0.2, -0.15) is 0 Å². The molecule has 2 unspecified atom stereocenters. The minimum Gasteiger partial charge on any atom is -0.481 e. The molecule has 7 heteroatoms. The molecule has 1 amide bonds. The molecule has 1 heterocycles. The van der Waals surface area contributed by atoms with Gasteiger partial charge < -0.3 is 10.4 Å². The largest absolute Gasteiger partial charge is 0.481 e. The average molecular weight is 317 g/mol. The standard InChI is InChI=1S/C13H14Cl2N2O3/c14-10-4-8(6-16-11(10)15)12(18)17-5-7-2-1-3-9(7)13(19)20/h4,6-7,9H,1-3,5H2,(H,17,18)(H,19,20). The molecule has 1 fully saturated rings. The number of amides is 1. The van der Waals surface area contributed by atoms with Crippen LogP contribution in [0.15, 0.2) is 12.3 Å². The summed E-state index contributed by atoms with van der Waals surface area (Å²) in [5.41, 5.74) is 0.310. The first-order valence-corrected chi connectivity index (χ1v) is 7.06. The molecule has 1 saturated carbocycles. The van der Waals surface area contributed by atoms with E-state index in [1.54, 1.807) is 0 Å². The fraction of sp³-hybridized carbons (Fsp3) is 0.462. The van der Waals surface area contributed by atoms with E-state index in [4.69, 9.17) is 28.3 Å². The maximum Gasteiger partial charge on any atom is 0.306 e. The summed E-state index contributed by atoms with van der Waals surface area (Å²) in [6, 6.07) is 1.44. The summed E-state index contributed by atoms with van der Waals surface area (Å²) in [5, 5.41) is 12.2. The molecule has 1 aromatic heterocycles. The maximum atomic E-state index is 11.9. The van der Waals surface area contributed by atoms with Crippen LogP contribution in [0.3, 0.4) is 0 Å². The molecule has 2 rings (SSSR count). The van der Waals surface area contributed by atoms with Crippen molar-refractivity contribution in [2.75, 3.05) is 6.54 Å². The third-order valence-electron chi connectivity index (χ3n) is 3.56. The van der Waals surface area contributed by atoms with Crippen molar-refractivity contribution in [1.29, 1.82) is 0 Å². The Labute approximate surface area is 126 Å². The van der Waals surface area contributed by atoms with Crippen molar-refractivity contribution in [3.05, 3.63) is 28.0 Å². The van der Waals surface area contributed by atoms with Crippen molar-refractivity contribution >= 4 is 35.1 Å². The number of rotatable bonds is 4. The van der Waals surface area contributed by atoms with Gasteiger partial charge in [-0.25, -0.2) is 4.98 Å². The van der Waals surface area contributed by atoms with Gasteiger partial charge in [0.1, 0.15) is 5.15 Å². The molecule has 2 atom stereocenters. The third-order valence-corrected chi connectivity index (χ3v) is 4.25. The van der Waals surface area contributed by atoms with Crippen molar-refractivity contribution in [3.8, 4) is 0 Å². The molecule has 0 bridgehead atoms. The lowest BCUT2D eigenvalue weighted by atomic mass is 9.96. The van der Waals surface area contributed by atoms with E-state index in [1.165, 1.54) is 12.3 Å². The molecule has 1 aromatic rings. The fourth-order valence-electron chi connectivity index (χ4n) is 2.48. The number of hydrogen-bond donors (Lipinski definition) is 2. The highest BCUT2D eigenvalue weighted by Crippen LogP contribution is 2.31. The number of pyridine rings is 1. The second-order valence-corrected chi connectivity index (χ2v) is 5.61. The van der Waals surface area contributed by atoms with Crippen LogP contribution in [0.2, 0.25) is 10.2 Å². The quantitative estimate of drug-likeness (QED) is 0.837. The lowest BCUT2D eigenvalue weighted by Gasteiger charge is -2.16. The van der Waals surface area contributed by atoms with Crippen LogP contribution in [0.1, 0.15) is 29.6 Å². The highest BCUT2D eigenvalue weighted by molar-refractivity contribution is 6.41. The lowest BCUT2D eigenvalue weighted by Crippen LogP contribution is -2.33. The van der Waals surface area contributed by atoms with E-state index in [2.05, 4.69) is 10.3 Å². The molecule has 0 spiro atoms. The van der Waals surface area contributed by atoms with E-state index in [0.717, 1.165) is 12.8 Å². The number of hydrogen-bond acceptors (Lipinski definition) is 3. The number of nitrogens with zero attached hydrogens (tertiary/aromatic N) is 1. The van der Waals surface area contributed by atoms with Gasteiger partial charge in [-0.05, 0) is 24.8 Å². The Bertz CT molecular complexity index is 536. The van der Waals surface area contributed by atoms with Crippen LogP contribution in [0.25, 0.3) is 0 Å². The van der Waals surface area contributed by atoms with Gasteiger partial charge in [-0.15, -0.1) is 0 Å². The van der Waals surface area contributed by atoms with Crippen molar-refractivity contribution in [2.45, 2.75) is 19.3 Å². The van der Waals surface area contributed by atoms with Crippen molar-refractivity contribution < 1.29 is 14.7 Å².